The van der Waals surface area contributed by atoms with Gasteiger partial charge in [0.2, 0.25) is 0 Å². The van der Waals surface area contributed by atoms with Gasteiger partial charge in [0.25, 0.3) is 0 Å². The fraction of sp³-hybridized carbons (Fsp3) is 0.667. The molecule has 1 aliphatic heterocycles. The van der Waals surface area contributed by atoms with E-state index in [1.807, 2.05) is 0 Å². The van der Waals surface area contributed by atoms with Crippen LogP contribution in [0.1, 0.15) is 6.92 Å². The minimum Gasteiger partial charge on any atom is -0.328 e. The normalized spacial score (nSPS) is 29.8. The predicted octanol–water partition coefficient (Wildman–Crippen LogP) is 0.412. The molecule has 0 aromatic carbocycles. The highest BCUT2D eigenvalue weighted by Crippen LogP contribution is 2.23. The highest BCUT2D eigenvalue weighted by Gasteiger charge is 2.43. The molecular formula is C6H12FN2O2S+. The number of halogens is 1. The van der Waals surface area contributed by atoms with Crippen molar-refractivity contribution in [2.45, 2.75) is 6.92 Å². The Morgan fingerprint density at radius 1 is 1.67 bits per heavy atom. The first-order valence-corrected chi connectivity index (χ1v) is 4.96. The van der Waals surface area contributed by atoms with Crippen LogP contribution in [0.4, 0.5) is 3.89 Å². The molecule has 0 saturated heterocycles. The van der Waals surface area contributed by atoms with Gasteiger partial charge in [-0.25, -0.2) is 0 Å². The van der Waals surface area contributed by atoms with E-state index >= 15 is 0 Å². The summed E-state index contributed by atoms with van der Waals surface area (Å²) in [4.78, 5) is 1.64. The van der Waals surface area contributed by atoms with Gasteiger partial charge in [-0.05, 0) is 6.92 Å². The van der Waals surface area contributed by atoms with Crippen molar-refractivity contribution in [3.63, 3.8) is 0 Å². The van der Waals surface area contributed by atoms with Crippen LogP contribution in [0.2, 0.25) is 0 Å². The second-order valence-corrected chi connectivity index (χ2v) is 4.43. The zero-order chi connectivity index (χ0) is 9.41. The van der Waals surface area contributed by atoms with Crippen molar-refractivity contribution in [3.8, 4) is 0 Å². The molecule has 0 N–H and O–H groups in total. The molecule has 0 spiro atoms. The lowest BCUT2D eigenvalue weighted by molar-refractivity contribution is -0.755. The van der Waals surface area contributed by atoms with Crippen LogP contribution < -0.4 is 0 Å². The summed E-state index contributed by atoms with van der Waals surface area (Å²) in [5.74, 6) is 0. The third-order valence-corrected chi connectivity index (χ3v) is 3.39. The van der Waals surface area contributed by atoms with Crippen LogP contribution in [-0.2, 0) is 10.4 Å². The van der Waals surface area contributed by atoms with Crippen LogP contribution in [0.5, 0.6) is 0 Å². The smallest absolute Gasteiger partial charge is 0.328 e. The van der Waals surface area contributed by atoms with Crippen LogP contribution >= 0.6 is 0 Å². The lowest BCUT2D eigenvalue weighted by Crippen LogP contribution is -2.46. The summed E-state index contributed by atoms with van der Waals surface area (Å²) in [6, 6.07) is 0. The fourth-order valence-corrected chi connectivity index (χ4v) is 2.04. The molecule has 0 fully saturated rings. The van der Waals surface area contributed by atoms with Gasteiger partial charge in [-0.15, -0.1) is 12.3 Å². The van der Waals surface area contributed by atoms with E-state index in [0.29, 0.717) is 0 Å². The topological polar surface area (TPSA) is 37.4 Å². The van der Waals surface area contributed by atoms with Crippen molar-refractivity contribution in [1.29, 1.82) is 0 Å². The van der Waals surface area contributed by atoms with E-state index in [0.717, 1.165) is 0 Å². The van der Waals surface area contributed by atoms with Gasteiger partial charge in [0.15, 0.2) is 6.67 Å². The summed E-state index contributed by atoms with van der Waals surface area (Å²) >= 11 is 0. The maximum Gasteiger partial charge on any atom is 0.480 e. The lowest BCUT2D eigenvalue weighted by Gasteiger charge is -2.24. The fourth-order valence-electron chi connectivity index (χ4n) is 1.21. The molecule has 1 unspecified atom stereocenters. The van der Waals surface area contributed by atoms with Crippen molar-refractivity contribution in [1.82, 2.24) is 4.90 Å². The zero-order valence-electron chi connectivity index (χ0n) is 7.07. The number of rotatable bonds is 2. The molecule has 1 aliphatic rings. The van der Waals surface area contributed by atoms with Gasteiger partial charge in [-0.3, -0.25) is 0 Å². The van der Waals surface area contributed by atoms with Crippen LogP contribution in [0, 0.1) is 0 Å². The largest absolute Gasteiger partial charge is 0.480 e. The monoisotopic (exact) mass is 195 g/mol. The van der Waals surface area contributed by atoms with Gasteiger partial charge in [0, 0.05) is 7.05 Å². The molecule has 0 bridgehead atoms. The average molecular weight is 195 g/mol. The van der Waals surface area contributed by atoms with Gasteiger partial charge in [-0.1, -0.05) is 3.89 Å². The predicted molar refractivity (Wildman–Crippen MR) is 42.6 cm³/mol. The van der Waals surface area contributed by atoms with Crippen LogP contribution in [0.15, 0.2) is 12.4 Å². The van der Waals surface area contributed by atoms with Crippen molar-refractivity contribution in [3.05, 3.63) is 12.4 Å². The molecule has 1 rings (SSSR count). The molecule has 0 amide bonds. The second kappa shape index (κ2) is 2.70. The van der Waals surface area contributed by atoms with E-state index in [1.54, 1.807) is 25.1 Å². The molecule has 0 saturated carbocycles. The molecule has 1 atom stereocenters. The van der Waals surface area contributed by atoms with E-state index in [9.17, 15) is 12.3 Å². The van der Waals surface area contributed by atoms with Gasteiger partial charge in [0.05, 0.1) is 12.7 Å². The molecule has 1 heterocycles. The molecule has 6 heteroatoms. The molecule has 0 aromatic heterocycles. The highest BCUT2D eigenvalue weighted by atomic mass is 32.3. The van der Waals surface area contributed by atoms with Crippen LogP contribution in [-0.4, -0.2) is 37.5 Å². The zero-order valence-corrected chi connectivity index (χ0v) is 7.88. The minimum absolute atomic E-state index is 0.148. The van der Waals surface area contributed by atoms with Gasteiger partial charge in [0.1, 0.15) is 6.20 Å². The van der Waals surface area contributed by atoms with E-state index in [1.165, 1.54) is 6.20 Å². The third kappa shape index (κ3) is 1.32. The Morgan fingerprint density at radius 3 is 2.42 bits per heavy atom. The SMILES string of the molecule is CC[N+]1(S(=O)(=O)F)C=CN(C)C1. The van der Waals surface area contributed by atoms with Crippen molar-refractivity contribution >= 4 is 10.4 Å². The summed E-state index contributed by atoms with van der Waals surface area (Å²) in [7, 11) is -2.83. The standard InChI is InChI=1S/C6H12FN2O2S/c1-3-9(12(7,10)11)5-4-8(2)6-9/h4-5H,3,6H2,1-2H3/q+1. The second-order valence-electron chi connectivity index (χ2n) is 2.88. The van der Waals surface area contributed by atoms with Crippen LogP contribution in [0.25, 0.3) is 0 Å². The summed E-state index contributed by atoms with van der Waals surface area (Å²) in [5, 5.41) is 0. The Kier molecular flexibility index (Phi) is 2.13. The Hall–Kier alpha value is -0.620. The Balaban J connectivity index is 3.03. The minimum atomic E-state index is -4.54. The van der Waals surface area contributed by atoms with Crippen molar-refractivity contribution in [2.75, 3.05) is 20.3 Å². The molecular weight excluding hydrogens is 183 g/mol. The summed E-state index contributed by atoms with van der Waals surface area (Å²) in [6.07, 6.45) is 2.93. The summed E-state index contributed by atoms with van der Waals surface area (Å²) in [5.41, 5.74) is 0. The molecule has 70 valence electrons. The van der Waals surface area contributed by atoms with E-state index in [-0.39, 0.29) is 13.2 Å². The average Bonchev–Trinajstić information content (AvgIpc) is 2.31. The first-order chi connectivity index (χ1) is 5.41. The molecule has 4 nitrogen and oxygen atoms in total. The van der Waals surface area contributed by atoms with E-state index in [2.05, 4.69) is 0 Å². The van der Waals surface area contributed by atoms with Crippen LogP contribution in [0.3, 0.4) is 0 Å². The van der Waals surface area contributed by atoms with Crippen molar-refractivity contribution in [2.24, 2.45) is 0 Å². The lowest BCUT2D eigenvalue weighted by atomic mass is 10.6. The maximum absolute atomic E-state index is 12.8. The molecule has 0 radical (unpaired) electrons. The van der Waals surface area contributed by atoms with Gasteiger partial charge >= 0.3 is 10.4 Å². The quantitative estimate of drug-likeness (QED) is 0.473. The number of quaternary nitrogens is 1. The molecule has 0 aliphatic carbocycles. The molecule has 0 aromatic rings. The van der Waals surface area contributed by atoms with E-state index < -0.39 is 14.3 Å². The Morgan fingerprint density at radius 2 is 2.25 bits per heavy atom. The Bertz CT molecular complexity index is 301. The molecule has 12 heavy (non-hydrogen) atoms. The summed E-state index contributed by atoms with van der Waals surface area (Å²) < 4.78 is 33.7. The summed E-state index contributed by atoms with van der Waals surface area (Å²) in [6.45, 7) is 2.00. The Labute approximate surface area is 71.8 Å². The van der Waals surface area contributed by atoms with Crippen molar-refractivity contribution < 1.29 is 16.2 Å². The third-order valence-electron chi connectivity index (χ3n) is 2.02. The van der Waals surface area contributed by atoms with Gasteiger partial charge < -0.3 is 4.90 Å². The number of nitrogens with zero attached hydrogens (tertiary/aromatic N) is 2. The maximum atomic E-state index is 12.8. The van der Waals surface area contributed by atoms with Gasteiger partial charge in [-0.2, -0.15) is 0 Å². The highest BCUT2D eigenvalue weighted by molar-refractivity contribution is 7.80. The van der Waals surface area contributed by atoms with E-state index in [4.69, 9.17) is 0 Å². The number of hydrogen-bond donors (Lipinski definition) is 0. The first kappa shape index (κ1) is 9.47. The first-order valence-electron chi connectivity index (χ1n) is 3.62. The number of hydrogen-bond acceptors (Lipinski definition) is 3.